The molecule has 3 aromatic rings. The number of fused-ring (bicyclic) bond motifs is 4. The van der Waals surface area contributed by atoms with Crippen molar-refractivity contribution in [2.45, 2.75) is 81.6 Å². The summed E-state index contributed by atoms with van der Waals surface area (Å²) in [7, 11) is 0. The summed E-state index contributed by atoms with van der Waals surface area (Å²) in [6.07, 6.45) is 3.81. The normalized spacial score (nSPS) is 12.6. The largest absolute Gasteiger partial charge is 1.00 e. The van der Waals surface area contributed by atoms with Gasteiger partial charge in [-0.25, -0.2) is 0 Å². The second kappa shape index (κ2) is 8.49. The van der Waals surface area contributed by atoms with Crippen LogP contribution in [0.3, 0.4) is 0 Å². The zero-order valence-corrected chi connectivity index (χ0v) is 27.0. The molecule has 0 aliphatic carbocycles. The summed E-state index contributed by atoms with van der Waals surface area (Å²) in [5.41, 5.74) is 12.7. The molecule has 2 heteroatoms. The Balaban J connectivity index is 0.00000289. The maximum atomic E-state index is 6.88. The van der Waals surface area contributed by atoms with Gasteiger partial charge in [0.2, 0.25) is 0 Å². The number of benzene rings is 3. The van der Waals surface area contributed by atoms with E-state index in [2.05, 4.69) is 88.8 Å². The minimum absolute atomic E-state index is 0. The van der Waals surface area contributed by atoms with Gasteiger partial charge in [0, 0.05) is 0 Å². The molecule has 1 heterocycles. The van der Waals surface area contributed by atoms with Crippen molar-refractivity contribution in [2.24, 2.45) is 0 Å². The molecule has 1 aliphatic rings. The third-order valence-electron chi connectivity index (χ3n) is 7.69. The third kappa shape index (κ3) is 3.54. The fraction of sp³-hybridized carbons (Fsp3) is 0.400. The summed E-state index contributed by atoms with van der Waals surface area (Å²) in [6, 6.07) is 0. The molecule has 0 radical (unpaired) electrons. The van der Waals surface area contributed by atoms with Crippen molar-refractivity contribution in [3.05, 3.63) is 66.1 Å². The van der Waals surface area contributed by atoms with Crippen LogP contribution in [0.25, 0.3) is 23.4 Å². The molecule has 0 saturated heterocycles. The molecule has 0 unspecified atom stereocenters. The van der Waals surface area contributed by atoms with Gasteiger partial charge in [-0.15, -0.1) is 17.2 Å². The fourth-order valence-electron chi connectivity index (χ4n) is 5.65. The number of aryl methyl sites for hydroxylation is 3. The van der Waals surface area contributed by atoms with Gasteiger partial charge in [-0.05, 0) is 90.8 Å². The Hall–Kier alpha value is -0.735. The predicted octanol–water partition coefficient (Wildman–Crippen LogP) is 3.83. The van der Waals surface area contributed by atoms with E-state index in [-0.39, 0.29) is 63.6 Å². The molecule has 0 bridgehead atoms. The van der Waals surface area contributed by atoms with E-state index in [0.717, 1.165) is 27.5 Å². The first-order chi connectivity index (χ1) is 14.3. The molecule has 3 aromatic carbocycles. The van der Waals surface area contributed by atoms with E-state index in [9.17, 15) is 0 Å². The molecule has 0 amide bonds. The van der Waals surface area contributed by atoms with Crippen LogP contribution in [0.2, 0.25) is 0 Å². The van der Waals surface area contributed by atoms with E-state index < -0.39 is 0 Å². The minimum Gasteiger partial charge on any atom is -0.526 e. The summed E-state index contributed by atoms with van der Waals surface area (Å²) in [4.78, 5) is 0. The molecule has 1 nitrogen and oxygen atoms in total. The Labute approximate surface area is 242 Å². The van der Waals surface area contributed by atoms with E-state index in [1.807, 2.05) is 0 Å². The van der Waals surface area contributed by atoms with Gasteiger partial charge in [0.25, 0.3) is 0 Å². The van der Waals surface area contributed by atoms with Crippen molar-refractivity contribution < 1.29 is 62.9 Å². The van der Waals surface area contributed by atoms with Gasteiger partial charge in [-0.3, -0.25) is 0 Å². The molecule has 0 fully saturated rings. The Morgan fingerprint density at radius 2 is 1.19 bits per heavy atom. The summed E-state index contributed by atoms with van der Waals surface area (Å²) >= 11 is 0. The Bertz CT molecular complexity index is 1420. The van der Waals surface area contributed by atoms with Crippen LogP contribution in [0.15, 0.2) is 0 Å². The van der Waals surface area contributed by atoms with Crippen molar-refractivity contribution in [1.82, 2.24) is 0 Å². The van der Waals surface area contributed by atoms with Crippen LogP contribution in [-0.4, -0.2) is 0 Å². The molecule has 0 aromatic heterocycles. The number of rotatable bonds is 0. The van der Waals surface area contributed by atoms with E-state index in [0.29, 0.717) is 0 Å². The Morgan fingerprint density at radius 3 is 1.75 bits per heavy atom. The first kappa shape index (κ1) is 25.9. The molecule has 32 heavy (non-hydrogen) atoms. The summed E-state index contributed by atoms with van der Waals surface area (Å²) < 4.78 is 6.88. The third-order valence-corrected chi connectivity index (χ3v) is 7.69. The van der Waals surface area contributed by atoms with Gasteiger partial charge in [-0.1, -0.05) is 63.1 Å². The van der Waals surface area contributed by atoms with E-state index in [1.165, 1.54) is 60.8 Å². The first-order valence-electron chi connectivity index (χ1n) is 11.3. The Morgan fingerprint density at radius 1 is 0.625 bits per heavy atom. The topological polar surface area (TPSA) is 9.23 Å². The van der Waals surface area contributed by atoms with E-state index in [1.54, 1.807) is 0 Å². The zero-order chi connectivity index (χ0) is 23.2. The zero-order valence-electron chi connectivity index (χ0n) is 22.1. The van der Waals surface area contributed by atoms with Crippen LogP contribution in [0, 0.1) is 55.4 Å². The molecule has 4 rings (SSSR count). The van der Waals surface area contributed by atoms with E-state index >= 15 is 0 Å². The summed E-state index contributed by atoms with van der Waals surface area (Å²) in [6.45, 7) is 28.9. The molecule has 1 aliphatic heterocycles. The Kier molecular flexibility index (Phi) is 6.86. The molecule has 0 atom stereocenters. The SMILES string of the molecule is C=c1c(C)c(C)c2c3c(c(C)c(C)c2c1C)=[C-]c1c(C)c(C)c(C(C)(C)C)c(C)c1O3.[Rb+]. The van der Waals surface area contributed by atoms with Gasteiger partial charge in [-0.2, -0.15) is 0 Å². The molecule has 0 spiro atoms. The monoisotopic (exact) mass is 496 g/mol. The van der Waals surface area contributed by atoms with Crippen LogP contribution in [0.1, 0.15) is 76.4 Å². The van der Waals surface area contributed by atoms with Gasteiger partial charge >= 0.3 is 58.2 Å². The smallest absolute Gasteiger partial charge is 0.526 e. The maximum absolute atomic E-state index is 6.88. The van der Waals surface area contributed by atoms with Crippen LogP contribution >= 0.6 is 0 Å². The molecule has 0 N–H and O–H groups in total. The number of hydrogen-bond donors (Lipinski definition) is 0. The van der Waals surface area contributed by atoms with Gasteiger partial charge in [0.05, 0.1) is 11.5 Å². The predicted molar refractivity (Wildman–Crippen MR) is 134 cm³/mol. The molecular weight excluding hydrogens is 462 g/mol. The van der Waals surface area contributed by atoms with Gasteiger partial charge in [0.15, 0.2) is 0 Å². The number of hydrogen-bond acceptors (Lipinski definition) is 1. The second-order valence-corrected chi connectivity index (χ2v) is 10.5. The van der Waals surface area contributed by atoms with Crippen molar-refractivity contribution in [2.75, 3.05) is 0 Å². The van der Waals surface area contributed by atoms with Crippen LogP contribution in [0.5, 0.6) is 11.5 Å². The van der Waals surface area contributed by atoms with Crippen molar-refractivity contribution in [1.29, 1.82) is 0 Å². The quantitative estimate of drug-likeness (QED) is 0.336. The van der Waals surface area contributed by atoms with Crippen LogP contribution < -0.4 is 73.4 Å². The van der Waals surface area contributed by atoms with E-state index in [4.69, 9.17) is 4.74 Å². The summed E-state index contributed by atoms with van der Waals surface area (Å²) in [5.74, 6) is 1.93. The molecular formula is C30H35ORb. The van der Waals surface area contributed by atoms with Crippen molar-refractivity contribution >= 4 is 23.4 Å². The van der Waals surface area contributed by atoms with Gasteiger partial charge < -0.3 is 4.74 Å². The second-order valence-electron chi connectivity index (χ2n) is 10.5. The molecule has 162 valence electrons. The van der Waals surface area contributed by atoms with Gasteiger partial charge in [0.1, 0.15) is 0 Å². The number of ether oxygens (including phenoxy) is 1. The first-order valence-corrected chi connectivity index (χ1v) is 11.3. The standard InChI is InChI=1S/C30H35O.Rb/c1-14-15(2)19(6)26-25(18(14)5)20(7)16(3)24-13-23-17(4)21(8)27(30(10,11)12)22(9)28(23)31-29(24)26;/h1H2,2-12H3;/q-1;+1. The van der Waals surface area contributed by atoms with Crippen molar-refractivity contribution in [3.8, 4) is 11.5 Å². The average Bonchev–Trinajstić information content (AvgIpc) is 2.69. The molecule has 0 saturated carbocycles. The average molecular weight is 497 g/mol. The minimum atomic E-state index is 0. The summed E-state index contributed by atoms with van der Waals surface area (Å²) in [5, 5.41) is 4.73. The fourth-order valence-corrected chi connectivity index (χ4v) is 5.65. The van der Waals surface area contributed by atoms with Crippen LogP contribution in [-0.2, 0) is 5.41 Å². The van der Waals surface area contributed by atoms with Crippen molar-refractivity contribution in [3.63, 3.8) is 0 Å². The van der Waals surface area contributed by atoms with Crippen LogP contribution in [0.4, 0.5) is 0 Å². The maximum Gasteiger partial charge on any atom is 1.00 e.